The number of H-pyrrole nitrogens is 1. The molecular formula is C17H16ClN5O. The number of carbonyl (C=O) groups is 1. The zero-order valence-electron chi connectivity index (χ0n) is 13.0. The van der Waals surface area contributed by atoms with Gasteiger partial charge in [0.25, 0.3) is 5.91 Å². The number of carbonyl (C=O) groups excluding carboxylic acids is 1. The number of nitrogen functional groups attached to an aromatic ring is 1. The van der Waals surface area contributed by atoms with Crippen LogP contribution in [0, 0.1) is 6.92 Å². The molecule has 0 aliphatic heterocycles. The standard InChI is InChI=1S/C17H16ClN5O/c1-10-7-22-17(19)23-15(10)12-6-14(20-9-12)16(24)21-8-11-2-4-13(18)5-3-11/h2-7,9,20H,8H2,1H3,(H,21,24)(H2,19,22,23). The van der Waals surface area contributed by atoms with Crippen molar-refractivity contribution >= 4 is 23.5 Å². The van der Waals surface area contributed by atoms with E-state index in [0.29, 0.717) is 23.0 Å². The Morgan fingerprint density at radius 1 is 1.33 bits per heavy atom. The molecule has 4 N–H and O–H groups in total. The first kappa shape index (κ1) is 16.0. The summed E-state index contributed by atoms with van der Waals surface area (Å²) >= 11 is 5.84. The summed E-state index contributed by atoms with van der Waals surface area (Å²) in [5.74, 6) is 0.00132. The highest BCUT2D eigenvalue weighted by molar-refractivity contribution is 6.30. The topological polar surface area (TPSA) is 96.7 Å². The lowest BCUT2D eigenvalue weighted by Gasteiger charge is -2.04. The molecule has 0 unspecified atom stereocenters. The number of aromatic nitrogens is 3. The van der Waals surface area contributed by atoms with Gasteiger partial charge in [0.1, 0.15) is 5.69 Å². The van der Waals surface area contributed by atoms with Crippen LogP contribution in [0.25, 0.3) is 11.3 Å². The quantitative estimate of drug-likeness (QED) is 0.679. The molecular weight excluding hydrogens is 326 g/mol. The summed E-state index contributed by atoms with van der Waals surface area (Å²) < 4.78 is 0. The number of nitrogens with zero attached hydrogens (tertiary/aromatic N) is 2. The average Bonchev–Trinajstić information content (AvgIpc) is 3.06. The van der Waals surface area contributed by atoms with Crippen molar-refractivity contribution in [3.8, 4) is 11.3 Å². The van der Waals surface area contributed by atoms with Crippen molar-refractivity contribution in [3.63, 3.8) is 0 Å². The molecule has 0 fully saturated rings. The second-order valence-electron chi connectivity index (χ2n) is 5.37. The fourth-order valence-electron chi connectivity index (χ4n) is 2.29. The normalized spacial score (nSPS) is 10.6. The number of aryl methyl sites for hydroxylation is 1. The van der Waals surface area contributed by atoms with E-state index in [1.165, 1.54) is 0 Å². The van der Waals surface area contributed by atoms with Crippen LogP contribution in [0.4, 0.5) is 5.95 Å². The number of halogens is 1. The highest BCUT2D eigenvalue weighted by Gasteiger charge is 2.12. The van der Waals surface area contributed by atoms with Crippen molar-refractivity contribution < 1.29 is 4.79 Å². The summed E-state index contributed by atoms with van der Waals surface area (Å²) in [7, 11) is 0. The Morgan fingerprint density at radius 3 is 2.83 bits per heavy atom. The lowest BCUT2D eigenvalue weighted by molar-refractivity contribution is 0.0946. The number of aromatic amines is 1. The molecule has 0 saturated carbocycles. The van der Waals surface area contributed by atoms with Crippen LogP contribution in [0.2, 0.25) is 5.02 Å². The van der Waals surface area contributed by atoms with E-state index in [2.05, 4.69) is 20.3 Å². The molecule has 6 nitrogen and oxygen atoms in total. The number of hydrogen-bond donors (Lipinski definition) is 3. The SMILES string of the molecule is Cc1cnc(N)nc1-c1c[nH]c(C(=O)NCc2ccc(Cl)cc2)c1. The van der Waals surface area contributed by atoms with Gasteiger partial charge >= 0.3 is 0 Å². The Morgan fingerprint density at radius 2 is 2.08 bits per heavy atom. The Kier molecular flexibility index (Phi) is 4.48. The molecule has 0 radical (unpaired) electrons. The molecule has 0 aliphatic rings. The maximum Gasteiger partial charge on any atom is 0.267 e. The minimum atomic E-state index is -0.198. The van der Waals surface area contributed by atoms with Gasteiger partial charge < -0.3 is 16.0 Å². The first-order valence-electron chi connectivity index (χ1n) is 7.33. The van der Waals surface area contributed by atoms with E-state index in [-0.39, 0.29) is 11.9 Å². The van der Waals surface area contributed by atoms with Gasteiger partial charge in [0.2, 0.25) is 5.95 Å². The van der Waals surface area contributed by atoms with Gasteiger partial charge in [-0.2, -0.15) is 0 Å². The van der Waals surface area contributed by atoms with Gasteiger partial charge in [-0.25, -0.2) is 9.97 Å². The first-order chi connectivity index (χ1) is 11.5. The zero-order chi connectivity index (χ0) is 17.1. The largest absolute Gasteiger partial charge is 0.368 e. The molecule has 0 spiro atoms. The smallest absolute Gasteiger partial charge is 0.267 e. The Labute approximate surface area is 144 Å². The molecule has 0 aliphatic carbocycles. The minimum absolute atomic E-state index is 0.198. The van der Waals surface area contributed by atoms with Crippen LogP contribution < -0.4 is 11.1 Å². The average molecular weight is 342 g/mol. The van der Waals surface area contributed by atoms with Crippen LogP contribution in [0.1, 0.15) is 21.6 Å². The Hall–Kier alpha value is -2.86. The third kappa shape index (κ3) is 3.55. The van der Waals surface area contributed by atoms with Crippen molar-refractivity contribution in [2.45, 2.75) is 13.5 Å². The van der Waals surface area contributed by atoms with Gasteiger partial charge in [0, 0.05) is 29.5 Å². The third-order valence-electron chi connectivity index (χ3n) is 3.56. The van der Waals surface area contributed by atoms with Crippen molar-refractivity contribution in [2.75, 3.05) is 5.73 Å². The van der Waals surface area contributed by atoms with Crippen molar-refractivity contribution in [2.24, 2.45) is 0 Å². The van der Waals surface area contributed by atoms with Gasteiger partial charge in [-0.15, -0.1) is 0 Å². The fraction of sp³-hybridized carbons (Fsp3) is 0.118. The molecule has 122 valence electrons. The van der Waals surface area contributed by atoms with E-state index >= 15 is 0 Å². The first-order valence-corrected chi connectivity index (χ1v) is 7.71. The van der Waals surface area contributed by atoms with Crippen LogP contribution in [-0.2, 0) is 6.54 Å². The van der Waals surface area contributed by atoms with Crippen LogP contribution in [0.15, 0.2) is 42.7 Å². The lowest BCUT2D eigenvalue weighted by atomic mass is 10.1. The molecule has 0 atom stereocenters. The van der Waals surface area contributed by atoms with Crippen LogP contribution in [-0.4, -0.2) is 20.9 Å². The number of nitrogens with two attached hydrogens (primary N) is 1. The molecule has 0 bridgehead atoms. The van der Waals surface area contributed by atoms with Gasteiger partial charge in [0.05, 0.1) is 5.69 Å². The summed E-state index contributed by atoms with van der Waals surface area (Å²) in [6.07, 6.45) is 3.39. The summed E-state index contributed by atoms with van der Waals surface area (Å²) in [6, 6.07) is 9.06. The number of nitrogens with one attached hydrogen (secondary N) is 2. The number of hydrogen-bond acceptors (Lipinski definition) is 4. The predicted octanol–water partition coefficient (Wildman–Crippen LogP) is 2.95. The summed E-state index contributed by atoms with van der Waals surface area (Å²) in [6.45, 7) is 2.31. The van der Waals surface area contributed by atoms with Crippen LogP contribution >= 0.6 is 11.6 Å². The highest BCUT2D eigenvalue weighted by Crippen LogP contribution is 2.22. The van der Waals surface area contributed by atoms with Gasteiger partial charge in [-0.05, 0) is 36.2 Å². The summed E-state index contributed by atoms with van der Waals surface area (Å²) in [4.78, 5) is 23.4. The van der Waals surface area contributed by atoms with Crippen LogP contribution in [0.3, 0.4) is 0 Å². The van der Waals surface area contributed by atoms with Gasteiger partial charge in [0.15, 0.2) is 0 Å². The van der Waals surface area contributed by atoms with Crippen LogP contribution in [0.5, 0.6) is 0 Å². The number of benzene rings is 1. The molecule has 1 aromatic carbocycles. The van der Waals surface area contributed by atoms with E-state index in [4.69, 9.17) is 17.3 Å². The monoisotopic (exact) mass is 341 g/mol. The molecule has 3 aromatic rings. The minimum Gasteiger partial charge on any atom is -0.368 e. The summed E-state index contributed by atoms with van der Waals surface area (Å²) in [5, 5.41) is 3.52. The summed E-state index contributed by atoms with van der Waals surface area (Å²) in [5.41, 5.74) is 9.44. The molecule has 3 rings (SSSR count). The number of rotatable bonds is 4. The predicted molar refractivity (Wildman–Crippen MR) is 93.6 cm³/mol. The maximum atomic E-state index is 12.3. The van der Waals surface area contributed by atoms with Gasteiger partial charge in [-0.1, -0.05) is 23.7 Å². The fourth-order valence-corrected chi connectivity index (χ4v) is 2.42. The maximum absolute atomic E-state index is 12.3. The van der Waals surface area contributed by atoms with Crippen molar-refractivity contribution in [3.05, 3.63) is 64.6 Å². The second-order valence-corrected chi connectivity index (χ2v) is 5.81. The highest BCUT2D eigenvalue weighted by atomic mass is 35.5. The molecule has 0 saturated heterocycles. The number of anilines is 1. The van der Waals surface area contributed by atoms with Crippen molar-refractivity contribution in [1.29, 1.82) is 0 Å². The van der Waals surface area contributed by atoms with Crippen molar-refractivity contribution in [1.82, 2.24) is 20.3 Å². The Balaban J connectivity index is 1.71. The van der Waals surface area contributed by atoms with E-state index in [0.717, 1.165) is 16.7 Å². The number of amides is 1. The second kappa shape index (κ2) is 6.72. The van der Waals surface area contributed by atoms with E-state index in [1.54, 1.807) is 30.6 Å². The molecule has 1 amide bonds. The zero-order valence-corrected chi connectivity index (χ0v) is 13.8. The molecule has 2 aromatic heterocycles. The van der Waals surface area contributed by atoms with E-state index in [9.17, 15) is 4.79 Å². The molecule has 24 heavy (non-hydrogen) atoms. The van der Waals surface area contributed by atoms with E-state index < -0.39 is 0 Å². The molecule has 7 heteroatoms. The lowest BCUT2D eigenvalue weighted by Crippen LogP contribution is -2.22. The third-order valence-corrected chi connectivity index (χ3v) is 3.81. The van der Waals surface area contributed by atoms with Gasteiger partial charge in [-0.3, -0.25) is 4.79 Å². The van der Waals surface area contributed by atoms with E-state index in [1.807, 2.05) is 19.1 Å². The Bertz CT molecular complexity index is 873. The molecule has 2 heterocycles.